The molecule has 4 aromatic rings. The number of benzene rings is 3. The van der Waals surface area contributed by atoms with Crippen LogP contribution < -0.4 is 25.4 Å². The Bertz CT molecular complexity index is 1690. The van der Waals surface area contributed by atoms with Crippen molar-refractivity contribution >= 4 is 34.9 Å². The van der Waals surface area contributed by atoms with E-state index in [1.54, 1.807) is 36.4 Å². The maximum Gasteiger partial charge on any atom is 0.278 e. The first-order chi connectivity index (χ1) is 20.9. The molecule has 11 nitrogen and oxygen atoms in total. The quantitative estimate of drug-likeness (QED) is 0.263. The van der Waals surface area contributed by atoms with E-state index in [1.807, 2.05) is 42.3 Å². The fraction of sp³-hybridized carbons (Fsp3) is 0.219. The molecule has 2 aliphatic heterocycles. The van der Waals surface area contributed by atoms with Gasteiger partial charge in [0.2, 0.25) is 0 Å². The molecule has 1 aromatic heterocycles. The van der Waals surface area contributed by atoms with Crippen molar-refractivity contribution in [3.8, 4) is 22.8 Å². The summed E-state index contributed by atoms with van der Waals surface area (Å²) in [6.07, 6.45) is 2.65. The number of aromatic nitrogens is 2. The van der Waals surface area contributed by atoms with Crippen molar-refractivity contribution in [1.82, 2.24) is 14.9 Å². The van der Waals surface area contributed by atoms with Crippen LogP contribution in [0.4, 0.5) is 17.2 Å². The molecule has 3 amide bonds. The number of para-hydroxylation sites is 2. The number of amides is 3. The van der Waals surface area contributed by atoms with Gasteiger partial charge < -0.3 is 25.4 Å². The van der Waals surface area contributed by atoms with Crippen LogP contribution in [0.25, 0.3) is 11.3 Å². The Balaban J connectivity index is 1.22. The van der Waals surface area contributed by atoms with Crippen LogP contribution in [-0.2, 0) is 0 Å². The van der Waals surface area contributed by atoms with Gasteiger partial charge in [-0.3, -0.25) is 19.3 Å². The second-order valence-electron chi connectivity index (χ2n) is 10.3. The van der Waals surface area contributed by atoms with Crippen molar-refractivity contribution in [2.75, 3.05) is 49.3 Å². The van der Waals surface area contributed by atoms with Crippen molar-refractivity contribution < 1.29 is 23.9 Å². The molecule has 0 fully saturated rings. The number of imide groups is 1. The highest BCUT2D eigenvalue weighted by atomic mass is 16.5. The number of rotatable bonds is 5. The lowest BCUT2D eigenvalue weighted by atomic mass is 10.1. The van der Waals surface area contributed by atoms with Gasteiger partial charge in [-0.15, -0.1) is 0 Å². The third-order valence-electron chi connectivity index (χ3n) is 7.33. The molecule has 11 heteroatoms. The molecule has 0 spiro atoms. The number of nitrogens with zero attached hydrogens (tertiary/aromatic N) is 4. The number of anilines is 3. The van der Waals surface area contributed by atoms with Gasteiger partial charge in [0, 0.05) is 31.8 Å². The molecule has 6 rings (SSSR count). The molecular formula is C32H30N6O5. The Labute approximate surface area is 248 Å². The number of nitrogen functional groups attached to an aromatic ring is 1. The molecule has 0 saturated heterocycles. The molecule has 3 N–H and O–H groups in total. The van der Waals surface area contributed by atoms with Gasteiger partial charge in [-0.05, 0) is 49.2 Å². The van der Waals surface area contributed by atoms with Crippen LogP contribution in [0.3, 0.4) is 0 Å². The Kier molecular flexibility index (Phi) is 7.61. The van der Waals surface area contributed by atoms with E-state index in [1.165, 1.54) is 11.1 Å². The van der Waals surface area contributed by atoms with Crippen LogP contribution in [0.15, 0.2) is 72.9 Å². The number of fused-ring (bicyclic) bond motifs is 7. The predicted molar refractivity (Wildman–Crippen MR) is 162 cm³/mol. The highest BCUT2D eigenvalue weighted by molar-refractivity contribution is 6.21. The first-order valence-electron chi connectivity index (χ1n) is 14.0. The largest absolute Gasteiger partial charge is 0.493 e. The van der Waals surface area contributed by atoms with Crippen molar-refractivity contribution in [3.63, 3.8) is 0 Å². The van der Waals surface area contributed by atoms with E-state index in [4.69, 9.17) is 15.2 Å². The van der Waals surface area contributed by atoms with Crippen LogP contribution in [0.2, 0.25) is 0 Å². The molecule has 3 heterocycles. The van der Waals surface area contributed by atoms with Crippen molar-refractivity contribution in [3.05, 3.63) is 89.7 Å². The van der Waals surface area contributed by atoms with Gasteiger partial charge in [0.1, 0.15) is 11.5 Å². The number of carbonyl (C=O) groups excluding carboxylic acids is 3. The van der Waals surface area contributed by atoms with E-state index in [0.717, 1.165) is 12.1 Å². The molecule has 218 valence electrons. The topological polar surface area (TPSA) is 140 Å². The van der Waals surface area contributed by atoms with Crippen LogP contribution in [0.1, 0.15) is 44.0 Å². The van der Waals surface area contributed by atoms with Crippen molar-refractivity contribution in [2.24, 2.45) is 0 Å². The van der Waals surface area contributed by atoms with Gasteiger partial charge >= 0.3 is 0 Å². The number of nitrogens with one attached hydrogen (secondary N) is 1. The molecule has 43 heavy (non-hydrogen) atoms. The Morgan fingerprint density at radius 1 is 1.00 bits per heavy atom. The number of carbonyl (C=O) groups is 3. The normalized spacial score (nSPS) is 14.7. The number of hydrogen-bond donors (Lipinski definition) is 2. The first kappa shape index (κ1) is 27.7. The predicted octanol–water partition coefficient (Wildman–Crippen LogP) is 4.26. The molecule has 4 bridgehead atoms. The fourth-order valence-corrected chi connectivity index (χ4v) is 5.15. The third-order valence-corrected chi connectivity index (χ3v) is 7.33. The van der Waals surface area contributed by atoms with E-state index in [0.29, 0.717) is 59.1 Å². The van der Waals surface area contributed by atoms with Crippen molar-refractivity contribution in [2.45, 2.75) is 12.8 Å². The van der Waals surface area contributed by atoms with E-state index >= 15 is 0 Å². The maximum absolute atomic E-state index is 13.3. The lowest BCUT2D eigenvalue weighted by Crippen LogP contribution is -2.31. The smallest absolute Gasteiger partial charge is 0.278 e. The number of hydrogen-bond acceptors (Lipinski definition) is 9. The molecule has 0 aliphatic carbocycles. The lowest BCUT2D eigenvalue weighted by molar-refractivity contribution is 0.0646. The van der Waals surface area contributed by atoms with Gasteiger partial charge in [0.25, 0.3) is 17.7 Å². The monoisotopic (exact) mass is 578 g/mol. The highest BCUT2D eigenvalue weighted by Crippen LogP contribution is 2.31. The minimum atomic E-state index is -0.473. The average molecular weight is 579 g/mol. The zero-order valence-corrected chi connectivity index (χ0v) is 23.6. The zero-order chi connectivity index (χ0) is 29.9. The molecule has 0 saturated carbocycles. The summed E-state index contributed by atoms with van der Waals surface area (Å²) in [6, 6.07) is 19.7. The zero-order valence-electron chi connectivity index (χ0n) is 23.6. The van der Waals surface area contributed by atoms with Crippen LogP contribution >= 0.6 is 0 Å². The molecule has 0 radical (unpaired) electrons. The van der Waals surface area contributed by atoms with E-state index < -0.39 is 5.91 Å². The maximum atomic E-state index is 13.3. The van der Waals surface area contributed by atoms with E-state index in [2.05, 4.69) is 15.3 Å². The van der Waals surface area contributed by atoms with E-state index in [9.17, 15) is 14.4 Å². The second kappa shape index (κ2) is 11.8. The Hall–Kier alpha value is -5.45. The van der Waals surface area contributed by atoms with Crippen LogP contribution in [0, 0.1) is 0 Å². The van der Waals surface area contributed by atoms with Gasteiger partial charge in [-0.25, -0.2) is 9.97 Å². The molecule has 3 aromatic carbocycles. The summed E-state index contributed by atoms with van der Waals surface area (Å²) in [5.74, 6) is 0.0206. The fourth-order valence-electron chi connectivity index (χ4n) is 5.15. The number of nitrogens with two attached hydrogens (primary N) is 1. The SMILES string of the molecule is CN1CCCOc2cc(OCCCN3C(=O)c4ccccc4C3=O)cc(c2)-c2cnc(N)c(n2)C(=O)Nc2ccccc21. The Morgan fingerprint density at radius 2 is 1.74 bits per heavy atom. The summed E-state index contributed by atoms with van der Waals surface area (Å²) in [6.45, 7) is 1.61. The van der Waals surface area contributed by atoms with Crippen molar-refractivity contribution in [1.29, 1.82) is 0 Å². The van der Waals surface area contributed by atoms with Crippen LogP contribution in [-0.4, -0.2) is 65.9 Å². The van der Waals surface area contributed by atoms with Gasteiger partial charge in [0.05, 0.1) is 47.6 Å². The first-order valence-corrected chi connectivity index (χ1v) is 14.0. The highest BCUT2D eigenvalue weighted by Gasteiger charge is 2.34. The number of ether oxygens (including phenoxy) is 2. The minimum Gasteiger partial charge on any atom is -0.493 e. The molecule has 0 unspecified atom stereocenters. The lowest BCUT2D eigenvalue weighted by Gasteiger charge is -2.22. The van der Waals surface area contributed by atoms with Gasteiger partial charge in [-0.2, -0.15) is 0 Å². The summed E-state index contributed by atoms with van der Waals surface area (Å²) in [7, 11) is 1.95. The van der Waals surface area contributed by atoms with E-state index in [-0.39, 0.29) is 36.5 Å². The van der Waals surface area contributed by atoms with Gasteiger partial charge in [-0.1, -0.05) is 24.3 Å². The summed E-state index contributed by atoms with van der Waals surface area (Å²) >= 11 is 0. The minimum absolute atomic E-state index is 0.000406. The summed E-state index contributed by atoms with van der Waals surface area (Å²) in [5, 5.41) is 2.93. The standard InChI is InChI=1S/C32H30N6O5/c1-37-12-6-14-42-21-16-20(26-19-34-29(33)28(35-26)30(39)36-25-10-4-5-11-27(25)37)17-22(18-21)43-15-7-13-38-31(40)23-8-2-3-9-24(23)32(38)41/h2-5,8-11,16-19H,6-7,12-15H2,1H3,(H2,33,34)(H,36,39). The third kappa shape index (κ3) is 5.69. The van der Waals surface area contributed by atoms with Gasteiger partial charge in [0.15, 0.2) is 11.5 Å². The summed E-state index contributed by atoms with van der Waals surface area (Å²) < 4.78 is 12.2. The Morgan fingerprint density at radius 3 is 2.53 bits per heavy atom. The molecule has 0 atom stereocenters. The molecular weight excluding hydrogens is 548 g/mol. The summed E-state index contributed by atoms with van der Waals surface area (Å²) in [4.78, 5) is 50.7. The van der Waals surface area contributed by atoms with Crippen LogP contribution in [0.5, 0.6) is 11.5 Å². The average Bonchev–Trinajstić information content (AvgIpc) is 3.26. The second-order valence-corrected chi connectivity index (χ2v) is 10.3. The molecule has 2 aliphatic rings. The summed E-state index contributed by atoms with van der Waals surface area (Å²) in [5.41, 5.74) is 9.45.